The Balaban J connectivity index is 3.32. The van der Waals surface area contributed by atoms with E-state index < -0.39 is 29.1 Å². The summed E-state index contributed by atoms with van der Waals surface area (Å²) in [5, 5.41) is 0. The number of carbonyl (C=O) groups excluding carboxylic acids is 2. The van der Waals surface area contributed by atoms with Gasteiger partial charge in [-0.15, -0.1) is 13.2 Å². The van der Waals surface area contributed by atoms with Crippen molar-refractivity contribution in [2.75, 3.05) is 0 Å². The molecule has 0 amide bonds. The molecule has 16 heavy (non-hydrogen) atoms. The molecule has 86 valence electrons. The first kappa shape index (κ1) is 12.2. The molecule has 0 fully saturated rings. The van der Waals surface area contributed by atoms with Crippen molar-refractivity contribution in [2.24, 2.45) is 0 Å². The number of alkyl halides is 3. The van der Waals surface area contributed by atoms with Gasteiger partial charge in [0, 0.05) is 0 Å². The van der Waals surface area contributed by atoms with E-state index in [0.717, 1.165) is 12.1 Å². The lowest BCUT2D eigenvalue weighted by Crippen LogP contribution is -2.19. The second kappa shape index (κ2) is 4.30. The fraction of sp³-hybridized carbons (Fsp3) is 0.111. The molecule has 3 nitrogen and oxygen atoms in total. The number of benzene rings is 1. The van der Waals surface area contributed by atoms with E-state index in [9.17, 15) is 27.2 Å². The van der Waals surface area contributed by atoms with Crippen LogP contribution in [0, 0.1) is 5.82 Å². The topological polar surface area (TPSA) is 43.4 Å². The Labute approximate surface area is 86.6 Å². The van der Waals surface area contributed by atoms with Gasteiger partial charge in [-0.05, 0) is 12.1 Å². The van der Waals surface area contributed by atoms with Crippen LogP contribution >= 0.6 is 0 Å². The lowest BCUT2D eigenvalue weighted by molar-refractivity contribution is -0.275. The molecule has 0 aliphatic heterocycles. The predicted molar refractivity (Wildman–Crippen MR) is 43.9 cm³/mol. The molecule has 0 aromatic heterocycles. The van der Waals surface area contributed by atoms with Crippen molar-refractivity contribution in [3.05, 3.63) is 29.1 Å². The summed E-state index contributed by atoms with van der Waals surface area (Å²) in [6, 6.07) is 1.75. The zero-order valence-electron chi connectivity index (χ0n) is 7.55. The lowest BCUT2D eigenvalue weighted by atomic mass is 10.1. The summed E-state index contributed by atoms with van der Waals surface area (Å²) in [4.78, 5) is 20.6. The van der Waals surface area contributed by atoms with Crippen LogP contribution in [0.2, 0.25) is 0 Å². The van der Waals surface area contributed by atoms with Crippen LogP contribution in [0.15, 0.2) is 12.1 Å². The molecular weight excluding hydrogens is 232 g/mol. The maximum atomic E-state index is 13.2. The molecule has 0 saturated carbocycles. The first-order chi connectivity index (χ1) is 7.39. The SMILES string of the molecule is O=Cc1ccc(C=O)c(OC(F)(F)F)c1F. The minimum absolute atomic E-state index is 0.00125. The quantitative estimate of drug-likeness (QED) is 0.597. The third-order valence-electron chi connectivity index (χ3n) is 1.63. The summed E-state index contributed by atoms with van der Waals surface area (Å²) >= 11 is 0. The summed E-state index contributed by atoms with van der Waals surface area (Å²) in [6.07, 6.45) is -5.12. The van der Waals surface area contributed by atoms with Crippen LogP contribution < -0.4 is 4.74 Å². The summed E-state index contributed by atoms with van der Waals surface area (Å²) < 4.78 is 52.2. The smallest absolute Gasteiger partial charge is 0.402 e. The second-order valence-electron chi connectivity index (χ2n) is 2.67. The Morgan fingerprint density at radius 3 is 2.00 bits per heavy atom. The fourth-order valence-electron chi connectivity index (χ4n) is 0.990. The Hall–Kier alpha value is -1.92. The van der Waals surface area contributed by atoms with Crippen molar-refractivity contribution in [3.63, 3.8) is 0 Å². The van der Waals surface area contributed by atoms with E-state index in [1.54, 1.807) is 0 Å². The van der Waals surface area contributed by atoms with Crippen LogP contribution in [-0.2, 0) is 0 Å². The van der Waals surface area contributed by atoms with Crippen LogP contribution in [0.5, 0.6) is 5.75 Å². The van der Waals surface area contributed by atoms with Crippen molar-refractivity contribution < 1.29 is 31.9 Å². The van der Waals surface area contributed by atoms with Crippen LogP contribution in [0.3, 0.4) is 0 Å². The molecule has 0 saturated heterocycles. The van der Waals surface area contributed by atoms with E-state index in [-0.39, 0.29) is 12.6 Å². The normalized spacial score (nSPS) is 11.0. The van der Waals surface area contributed by atoms with Crippen molar-refractivity contribution >= 4 is 12.6 Å². The van der Waals surface area contributed by atoms with E-state index in [1.165, 1.54) is 0 Å². The molecule has 1 aromatic rings. The highest BCUT2D eigenvalue weighted by Gasteiger charge is 2.34. The van der Waals surface area contributed by atoms with Gasteiger partial charge in [0.1, 0.15) is 0 Å². The third kappa shape index (κ3) is 2.56. The fourth-order valence-corrected chi connectivity index (χ4v) is 0.990. The van der Waals surface area contributed by atoms with E-state index >= 15 is 0 Å². The maximum absolute atomic E-state index is 13.2. The van der Waals surface area contributed by atoms with Crippen LogP contribution in [0.25, 0.3) is 0 Å². The van der Waals surface area contributed by atoms with Gasteiger partial charge in [0.25, 0.3) is 0 Å². The molecule has 7 heteroatoms. The average Bonchev–Trinajstić information content (AvgIpc) is 2.19. The molecule has 0 aliphatic carbocycles. The number of rotatable bonds is 3. The summed E-state index contributed by atoms with van der Waals surface area (Å²) in [7, 11) is 0. The summed E-state index contributed by atoms with van der Waals surface area (Å²) in [5.74, 6) is -2.82. The molecule has 0 radical (unpaired) electrons. The first-order valence-electron chi connectivity index (χ1n) is 3.87. The van der Waals surface area contributed by atoms with Gasteiger partial charge in [-0.1, -0.05) is 0 Å². The van der Waals surface area contributed by atoms with Crippen LogP contribution in [0.1, 0.15) is 20.7 Å². The molecule has 0 atom stereocenters. The largest absolute Gasteiger partial charge is 0.573 e. The molecule has 0 bridgehead atoms. The van der Waals surface area contributed by atoms with E-state index in [2.05, 4.69) is 4.74 Å². The van der Waals surface area contributed by atoms with E-state index in [0.29, 0.717) is 0 Å². The summed E-state index contributed by atoms with van der Waals surface area (Å²) in [6.45, 7) is 0. The molecule has 0 spiro atoms. The third-order valence-corrected chi connectivity index (χ3v) is 1.63. The molecule has 0 unspecified atom stereocenters. The zero-order chi connectivity index (χ0) is 12.3. The first-order valence-corrected chi connectivity index (χ1v) is 3.87. The highest BCUT2D eigenvalue weighted by atomic mass is 19.4. The van der Waals surface area contributed by atoms with Gasteiger partial charge in [0.05, 0.1) is 11.1 Å². The van der Waals surface area contributed by atoms with E-state index in [4.69, 9.17) is 0 Å². The highest BCUT2D eigenvalue weighted by Crippen LogP contribution is 2.29. The number of hydrogen-bond acceptors (Lipinski definition) is 3. The van der Waals surface area contributed by atoms with Gasteiger partial charge in [0.15, 0.2) is 24.1 Å². The lowest BCUT2D eigenvalue weighted by Gasteiger charge is -2.12. The van der Waals surface area contributed by atoms with Crippen molar-refractivity contribution in [2.45, 2.75) is 6.36 Å². The van der Waals surface area contributed by atoms with E-state index in [1.807, 2.05) is 0 Å². The molecule has 0 heterocycles. The Kier molecular flexibility index (Phi) is 3.26. The van der Waals surface area contributed by atoms with Gasteiger partial charge in [-0.25, -0.2) is 4.39 Å². The zero-order valence-corrected chi connectivity index (χ0v) is 7.55. The van der Waals surface area contributed by atoms with Crippen LogP contribution in [-0.4, -0.2) is 18.9 Å². The number of ether oxygens (including phenoxy) is 1. The van der Waals surface area contributed by atoms with Crippen molar-refractivity contribution in [1.82, 2.24) is 0 Å². The van der Waals surface area contributed by atoms with Crippen molar-refractivity contribution in [3.8, 4) is 5.75 Å². The number of aldehydes is 2. The second-order valence-corrected chi connectivity index (χ2v) is 2.67. The Bertz CT molecular complexity index is 425. The van der Waals surface area contributed by atoms with Gasteiger partial charge >= 0.3 is 6.36 Å². The van der Waals surface area contributed by atoms with Gasteiger partial charge in [-0.3, -0.25) is 9.59 Å². The standard InChI is InChI=1S/C9H4F4O3/c10-7-5(3-14)1-2-6(4-15)8(7)16-9(11,12)13/h1-4H. The minimum atomic E-state index is -5.14. The van der Waals surface area contributed by atoms with Crippen LogP contribution in [0.4, 0.5) is 17.6 Å². The average molecular weight is 236 g/mol. The number of hydrogen-bond donors (Lipinski definition) is 0. The van der Waals surface area contributed by atoms with Crippen molar-refractivity contribution in [1.29, 1.82) is 0 Å². The summed E-state index contributed by atoms with van der Waals surface area (Å²) in [5.41, 5.74) is -1.25. The number of halogens is 4. The Morgan fingerprint density at radius 2 is 1.56 bits per heavy atom. The highest BCUT2D eigenvalue weighted by molar-refractivity contribution is 5.84. The predicted octanol–water partition coefficient (Wildman–Crippen LogP) is 2.35. The van der Waals surface area contributed by atoms with Gasteiger partial charge < -0.3 is 4.74 Å². The molecule has 0 aliphatic rings. The minimum Gasteiger partial charge on any atom is -0.402 e. The molecular formula is C9H4F4O3. The Morgan fingerprint density at radius 1 is 1.06 bits per heavy atom. The number of carbonyl (C=O) groups is 2. The molecule has 1 rings (SSSR count). The maximum Gasteiger partial charge on any atom is 0.573 e. The molecule has 0 N–H and O–H groups in total. The molecule has 1 aromatic carbocycles. The van der Waals surface area contributed by atoms with Gasteiger partial charge in [-0.2, -0.15) is 0 Å². The van der Waals surface area contributed by atoms with Gasteiger partial charge in [0.2, 0.25) is 0 Å². The monoisotopic (exact) mass is 236 g/mol.